The third-order valence-electron chi connectivity index (χ3n) is 6.37. The topological polar surface area (TPSA) is 394 Å². The number of nitrogens with two attached hydrogens (primary N) is 1. The van der Waals surface area contributed by atoms with Crippen molar-refractivity contribution in [2.45, 2.75) is 213 Å². The summed E-state index contributed by atoms with van der Waals surface area (Å²) in [4.78, 5) is 142. The van der Waals surface area contributed by atoms with E-state index in [1.54, 1.807) is 27.7 Å². The molecule has 0 aliphatic rings. The van der Waals surface area contributed by atoms with Gasteiger partial charge in [-0.1, -0.05) is 59.4 Å². The van der Waals surface area contributed by atoms with Crippen LogP contribution in [-0.2, 0) is 79.9 Å². The second kappa shape index (κ2) is 55.2. The summed E-state index contributed by atoms with van der Waals surface area (Å²) < 4.78 is 14.2. The molecule has 0 aliphatic heterocycles. The SMILES string of the molecule is C.C.C.C.C.C.C.C.CC(=O)CC(N)C(=O)O.CC(=O)CC(NC(C)=O)C(=O)O.CC(=O)CC(NC(C)=O)C(C)=O.CC(=O)Cc1nc(C)oc1C.CC(=O)OC(C)=O.CC(C)=O.Cc1nc(CC(=O)O)c(C)o1. The molecule has 0 radical (unpaired) electrons. The molecule has 3 unspecified atom stereocenters. The predicted octanol–water partition coefficient (Wildman–Crippen LogP) is 7.11. The normalized spacial score (nSPS) is 9.46. The van der Waals surface area contributed by atoms with Crippen molar-refractivity contribution in [3.63, 3.8) is 0 Å². The molecular weight excluding hydrogens is 975 g/mol. The van der Waals surface area contributed by atoms with Crippen molar-refractivity contribution in [2.24, 2.45) is 5.73 Å². The molecule has 436 valence electrons. The molecule has 24 heteroatoms. The lowest BCUT2D eigenvalue weighted by molar-refractivity contribution is -0.156. The third-order valence-corrected chi connectivity index (χ3v) is 6.37. The molecule has 2 amide bonds. The van der Waals surface area contributed by atoms with E-state index in [9.17, 15) is 62.3 Å². The van der Waals surface area contributed by atoms with Crippen LogP contribution in [0.1, 0.15) is 190 Å². The Balaban J connectivity index is -0.0000000532. The number of hydrogen-bond acceptors (Lipinski definition) is 19. The maximum atomic E-state index is 10.8. The predicted molar refractivity (Wildman–Crippen MR) is 285 cm³/mol. The molecule has 0 spiro atoms. The fourth-order valence-corrected chi connectivity index (χ4v) is 4.01. The monoisotopic (exact) mass is 1070 g/mol. The minimum atomic E-state index is -1.19. The van der Waals surface area contributed by atoms with Crippen LogP contribution in [0.2, 0.25) is 0 Å². The Bertz CT molecular complexity index is 1830. The Morgan fingerprint density at radius 1 is 0.486 bits per heavy atom. The van der Waals surface area contributed by atoms with Crippen molar-refractivity contribution in [1.82, 2.24) is 20.6 Å². The van der Waals surface area contributed by atoms with Crippen molar-refractivity contribution in [2.75, 3.05) is 0 Å². The number of ether oxygens (including phenoxy) is 1. The van der Waals surface area contributed by atoms with Gasteiger partial charge in [0.15, 0.2) is 17.6 Å². The number of ketones is 6. The summed E-state index contributed by atoms with van der Waals surface area (Å²) in [6, 6.07) is -2.79. The summed E-state index contributed by atoms with van der Waals surface area (Å²) in [5.41, 5.74) is 6.27. The highest BCUT2D eigenvalue weighted by Crippen LogP contribution is 2.10. The molecule has 0 aliphatic carbocycles. The summed E-state index contributed by atoms with van der Waals surface area (Å²) in [6.45, 7) is 21.8. The van der Waals surface area contributed by atoms with E-state index in [4.69, 9.17) is 29.9 Å². The molecule has 0 fully saturated rings. The average molecular weight is 1070 g/mol. The van der Waals surface area contributed by atoms with Crippen LogP contribution in [0, 0.1) is 27.7 Å². The van der Waals surface area contributed by atoms with Crippen LogP contribution in [0.15, 0.2) is 8.83 Å². The Labute approximate surface area is 441 Å². The number of aromatic nitrogens is 2. The van der Waals surface area contributed by atoms with Crippen molar-refractivity contribution in [3.05, 3.63) is 34.7 Å². The van der Waals surface area contributed by atoms with E-state index in [1.807, 2.05) is 6.92 Å². The van der Waals surface area contributed by atoms with E-state index in [-0.39, 0.29) is 126 Å². The number of esters is 2. The van der Waals surface area contributed by atoms with Gasteiger partial charge in [0, 0.05) is 60.8 Å². The van der Waals surface area contributed by atoms with E-state index < -0.39 is 53.9 Å². The van der Waals surface area contributed by atoms with Crippen molar-refractivity contribution in [3.8, 4) is 0 Å². The van der Waals surface area contributed by atoms with Crippen LogP contribution in [0.25, 0.3) is 0 Å². The van der Waals surface area contributed by atoms with Gasteiger partial charge in [-0.25, -0.2) is 14.8 Å². The number of hydrogen-bond donors (Lipinski definition) is 6. The molecular formula is C50H97N5O19. The largest absolute Gasteiger partial charge is 0.481 e. The highest BCUT2D eigenvalue weighted by atomic mass is 16.6. The summed E-state index contributed by atoms with van der Waals surface area (Å²) in [6.07, 6.45) is 0.130. The molecule has 3 atom stereocenters. The lowest BCUT2D eigenvalue weighted by Crippen LogP contribution is -2.40. The standard InChI is InChI=1S/C8H13NO3.C8H11NO2.C7H11NO4.C7H9NO3.C5H9NO3.C4H6O3.C3H6O.8CH4/c1-5(10)4-8(6(2)11)9-7(3)12;1-5(10)4-8-6(2)11-7(3)9-8;1-4(9)3-6(7(11)12)8-5(2)10;1-4-6(3-7(9)10)8-5(2)11-4;1-3(7)2-4(6)5(8)9;1-3(5)7-4(2)6;1-3(2)4;;;;;;;;/h8H,4H2,1-3H3,(H,9,12);4H2,1-3H3;6H,3H2,1-2H3,(H,8,10)(H,11,12);3H2,1-2H3,(H,9,10);4H,2,6H2,1H3,(H,8,9);1-2H3;1-2H3;8*1H4. The van der Waals surface area contributed by atoms with Crippen LogP contribution < -0.4 is 16.4 Å². The molecule has 2 aromatic rings. The maximum absolute atomic E-state index is 10.8. The van der Waals surface area contributed by atoms with E-state index in [2.05, 4.69) is 25.3 Å². The molecule has 0 bridgehead atoms. The minimum absolute atomic E-state index is 0. The van der Waals surface area contributed by atoms with Gasteiger partial charge < -0.3 is 50.1 Å². The second-order valence-corrected chi connectivity index (χ2v) is 14.0. The number of aryl methyl sites for hydroxylation is 4. The zero-order chi connectivity index (χ0) is 53.2. The average Bonchev–Trinajstić information content (AvgIpc) is 3.58. The lowest BCUT2D eigenvalue weighted by Gasteiger charge is -2.11. The third kappa shape index (κ3) is 71.4. The molecule has 24 nitrogen and oxygen atoms in total. The zero-order valence-electron chi connectivity index (χ0n) is 40.1. The van der Waals surface area contributed by atoms with Gasteiger partial charge in [-0.3, -0.25) is 52.7 Å². The van der Waals surface area contributed by atoms with Crippen LogP contribution in [0.4, 0.5) is 0 Å². The number of amides is 2. The lowest BCUT2D eigenvalue weighted by atomic mass is 10.1. The summed E-state index contributed by atoms with van der Waals surface area (Å²) in [7, 11) is 0. The van der Waals surface area contributed by atoms with Crippen LogP contribution in [0.5, 0.6) is 0 Å². The maximum Gasteiger partial charge on any atom is 0.326 e. The quantitative estimate of drug-likeness (QED) is 0.0763. The fraction of sp³-hybridized carbons (Fsp3) is 0.620. The minimum Gasteiger partial charge on any atom is -0.481 e. The number of nitrogens with one attached hydrogen (secondary N) is 2. The Hall–Kier alpha value is -7.11. The molecule has 2 heterocycles. The van der Waals surface area contributed by atoms with Crippen LogP contribution in [-0.4, -0.2) is 120 Å². The first-order valence-corrected chi connectivity index (χ1v) is 19.4. The number of aliphatic carboxylic acids is 3. The molecule has 7 N–H and O–H groups in total. The van der Waals surface area contributed by atoms with Crippen molar-refractivity contribution < 1.29 is 91.2 Å². The van der Waals surface area contributed by atoms with Gasteiger partial charge in [-0.2, -0.15) is 0 Å². The molecule has 74 heavy (non-hydrogen) atoms. The number of carboxylic acids is 3. The number of rotatable bonds is 15. The first-order chi connectivity index (χ1) is 29.9. The van der Waals surface area contributed by atoms with Gasteiger partial charge in [0.2, 0.25) is 11.8 Å². The fourth-order valence-electron chi connectivity index (χ4n) is 4.01. The molecule has 2 aromatic heterocycles. The molecule has 0 aromatic carbocycles. The van der Waals surface area contributed by atoms with Gasteiger partial charge in [0.25, 0.3) is 0 Å². The molecule has 0 saturated heterocycles. The van der Waals surface area contributed by atoms with E-state index >= 15 is 0 Å². The molecule has 2 rings (SSSR count). The van der Waals surface area contributed by atoms with Crippen molar-refractivity contribution in [1.29, 1.82) is 0 Å². The van der Waals surface area contributed by atoms with Gasteiger partial charge in [-0.05, 0) is 62.3 Å². The first kappa shape index (κ1) is 100.0. The van der Waals surface area contributed by atoms with Gasteiger partial charge in [0.05, 0.1) is 30.3 Å². The van der Waals surface area contributed by atoms with Crippen LogP contribution >= 0.6 is 0 Å². The van der Waals surface area contributed by atoms with E-state index in [0.717, 1.165) is 11.5 Å². The summed E-state index contributed by atoms with van der Waals surface area (Å²) in [5, 5.41) is 29.6. The highest BCUT2D eigenvalue weighted by Gasteiger charge is 2.20. The molecule has 0 saturated carbocycles. The van der Waals surface area contributed by atoms with Crippen molar-refractivity contribution >= 4 is 76.4 Å². The number of carboxylic acid groups (broad SMARTS) is 3. The van der Waals surface area contributed by atoms with Crippen LogP contribution in [0.3, 0.4) is 0 Å². The number of oxazole rings is 2. The summed E-state index contributed by atoms with van der Waals surface area (Å²) in [5.74, 6) is -3.11. The first-order valence-electron chi connectivity index (χ1n) is 19.4. The highest BCUT2D eigenvalue weighted by molar-refractivity contribution is 5.91. The number of carbonyl (C=O) groups is 13. The summed E-state index contributed by atoms with van der Waals surface area (Å²) >= 11 is 0. The van der Waals surface area contributed by atoms with E-state index in [0.29, 0.717) is 29.7 Å². The smallest absolute Gasteiger partial charge is 0.326 e. The number of carbonyl (C=O) groups excluding carboxylic acids is 10. The second-order valence-electron chi connectivity index (χ2n) is 14.0. The zero-order valence-corrected chi connectivity index (χ0v) is 40.1. The number of nitrogens with zero attached hydrogens (tertiary/aromatic N) is 2. The Kier molecular flexibility index (Phi) is 74.6. The van der Waals surface area contributed by atoms with Gasteiger partial charge in [0.1, 0.15) is 52.5 Å². The van der Waals surface area contributed by atoms with E-state index in [1.165, 1.54) is 69.2 Å². The Morgan fingerprint density at radius 3 is 0.959 bits per heavy atom. The van der Waals surface area contributed by atoms with Gasteiger partial charge >= 0.3 is 29.8 Å². The van der Waals surface area contributed by atoms with Gasteiger partial charge in [-0.15, -0.1) is 0 Å². The Morgan fingerprint density at radius 2 is 0.784 bits per heavy atom. The number of Topliss-reactive ketones (excluding diaryl/α,β-unsaturated/α-hetero) is 6.